The molecule has 1 saturated heterocycles. The minimum Gasteiger partial charge on any atom is -0.378 e. The summed E-state index contributed by atoms with van der Waals surface area (Å²) >= 11 is 0. The standard InChI is InChI=1S/C18H19N5O2/c24-18(19-13-17-21-20-16-7-3-4-8-23(16)17)14-5-1-2-6-15(14)22-9-11-25-12-10-22/h1-8H,9-13H2,(H,19,24). The molecule has 0 bridgehead atoms. The summed E-state index contributed by atoms with van der Waals surface area (Å²) in [5.74, 6) is 0.586. The van der Waals surface area contributed by atoms with Gasteiger partial charge in [-0.25, -0.2) is 0 Å². The van der Waals surface area contributed by atoms with Gasteiger partial charge >= 0.3 is 0 Å². The van der Waals surface area contributed by atoms with Crippen LogP contribution in [-0.4, -0.2) is 46.8 Å². The predicted octanol–water partition coefficient (Wildman–Crippen LogP) is 1.50. The van der Waals surface area contributed by atoms with Crippen molar-refractivity contribution in [2.75, 3.05) is 31.2 Å². The van der Waals surface area contributed by atoms with Crippen molar-refractivity contribution in [3.05, 3.63) is 60.0 Å². The summed E-state index contributed by atoms with van der Waals surface area (Å²) in [6.45, 7) is 3.27. The van der Waals surface area contributed by atoms with Crippen molar-refractivity contribution < 1.29 is 9.53 Å². The zero-order chi connectivity index (χ0) is 17.1. The molecule has 25 heavy (non-hydrogen) atoms. The lowest BCUT2D eigenvalue weighted by molar-refractivity contribution is 0.0948. The first-order chi connectivity index (χ1) is 12.3. The Balaban J connectivity index is 1.51. The van der Waals surface area contributed by atoms with E-state index in [0.717, 1.165) is 24.4 Å². The normalized spacial score (nSPS) is 14.6. The lowest BCUT2D eigenvalue weighted by Gasteiger charge is -2.30. The maximum atomic E-state index is 12.7. The van der Waals surface area contributed by atoms with Gasteiger partial charge < -0.3 is 15.0 Å². The molecule has 3 aromatic rings. The topological polar surface area (TPSA) is 71.8 Å². The maximum absolute atomic E-state index is 12.7. The van der Waals surface area contributed by atoms with Crippen LogP contribution in [0.4, 0.5) is 5.69 Å². The highest BCUT2D eigenvalue weighted by Crippen LogP contribution is 2.21. The first-order valence-electron chi connectivity index (χ1n) is 8.31. The number of amides is 1. The molecule has 0 spiro atoms. The molecular weight excluding hydrogens is 318 g/mol. The second-order valence-corrected chi connectivity index (χ2v) is 5.84. The van der Waals surface area contributed by atoms with Crippen molar-refractivity contribution in [1.82, 2.24) is 19.9 Å². The van der Waals surface area contributed by atoms with E-state index in [2.05, 4.69) is 20.4 Å². The molecule has 1 aliphatic rings. The predicted molar refractivity (Wildman–Crippen MR) is 93.6 cm³/mol. The molecule has 3 heterocycles. The monoisotopic (exact) mass is 337 g/mol. The van der Waals surface area contributed by atoms with Gasteiger partial charge in [0.05, 0.1) is 25.3 Å². The molecule has 0 aliphatic carbocycles. The molecule has 1 aliphatic heterocycles. The molecular formula is C18H19N5O2. The molecule has 2 aromatic heterocycles. The van der Waals surface area contributed by atoms with Gasteiger partial charge in [0, 0.05) is 25.0 Å². The Bertz CT molecular complexity index is 886. The SMILES string of the molecule is O=C(NCc1nnc2ccccn12)c1ccccc1N1CCOCC1. The Morgan fingerprint density at radius 1 is 1.08 bits per heavy atom. The summed E-state index contributed by atoms with van der Waals surface area (Å²) < 4.78 is 7.27. The first-order valence-corrected chi connectivity index (χ1v) is 8.31. The summed E-state index contributed by atoms with van der Waals surface area (Å²) in [4.78, 5) is 14.9. The average molecular weight is 337 g/mol. The second-order valence-electron chi connectivity index (χ2n) is 5.84. The van der Waals surface area contributed by atoms with Gasteiger partial charge in [-0.15, -0.1) is 10.2 Å². The average Bonchev–Trinajstić information content (AvgIpc) is 3.10. The molecule has 0 atom stereocenters. The molecule has 128 valence electrons. The van der Waals surface area contributed by atoms with Crippen LogP contribution in [0.5, 0.6) is 0 Å². The lowest BCUT2D eigenvalue weighted by Crippen LogP contribution is -2.37. The van der Waals surface area contributed by atoms with Gasteiger partial charge in [-0.05, 0) is 24.3 Å². The quantitative estimate of drug-likeness (QED) is 0.781. The number of carbonyl (C=O) groups is 1. The van der Waals surface area contributed by atoms with Crippen LogP contribution in [0.1, 0.15) is 16.2 Å². The highest BCUT2D eigenvalue weighted by Gasteiger charge is 2.18. The Labute approximate surface area is 145 Å². The number of nitrogens with one attached hydrogen (secondary N) is 1. The van der Waals surface area contributed by atoms with Gasteiger partial charge in [0.25, 0.3) is 5.91 Å². The van der Waals surface area contributed by atoms with E-state index in [-0.39, 0.29) is 5.91 Å². The van der Waals surface area contributed by atoms with E-state index in [4.69, 9.17) is 4.74 Å². The van der Waals surface area contributed by atoms with E-state index in [9.17, 15) is 4.79 Å². The molecule has 1 aromatic carbocycles. The number of morpholine rings is 1. The Morgan fingerprint density at radius 2 is 1.88 bits per heavy atom. The number of carbonyl (C=O) groups excluding carboxylic acids is 1. The third-order valence-corrected chi connectivity index (χ3v) is 4.29. The summed E-state index contributed by atoms with van der Waals surface area (Å²) in [5.41, 5.74) is 2.37. The van der Waals surface area contributed by atoms with Crippen molar-refractivity contribution in [2.45, 2.75) is 6.54 Å². The molecule has 1 N–H and O–H groups in total. The number of anilines is 1. The van der Waals surface area contributed by atoms with E-state index in [1.54, 1.807) is 0 Å². The largest absolute Gasteiger partial charge is 0.378 e. The minimum atomic E-state index is -0.116. The Hall–Kier alpha value is -2.93. The highest BCUT2D eigenvalue weighted by atomic mass is 16.5. The van der Waals surface area contributed by atoms with E-state index < -0.39 is 0 Å². The maximum Gasteiger partial charge on any atom is 0.253 e. The summed E-state index contributed by atoms with van der Waals surface area (Å²) in [6, 6.07) is 13.4. The molecule has 0 unspecified atom stereocenters. The van der Waals surface area contributed by atoms with E-state index in [1.165, 1.54) is 0 Å². The van der Waals surface area contributed by atoms with Gasteiger partial charge in [-0.2, -0.15) is 0 Å². The van der Waals surface area contributed by atoms with E-state index >= 15 is 0 Å². The van der Waals surface area contributed by atoms with Gasteiger partial charge in [0.2, 0.25) is 0 Å². The molecule has 1 fully saturated rings. The molecule has 1 amide bonds. The number of nitrogens with zero attached hydrogens (tertiary/aromatic N) is 4. The van der Waals surface area contributed by atoms with Crippen LogP contribution in [0.2, 0.25) is 0 Å². The second kappa shape index (κ2) is 6.90. The van der Waals surface area contributed by atoms with Crippen molar-refractivity contribution in [3.63, 3.8) is 0 Å². The third-order valence-electron chi connectivity index (χ3n) is 4.29. The zero-order valence-corrected chi connectivity index (χ0v) is 13.8. The number of para-hydroxylation sites is 1. The number of benzene rings is 1. The minimum absolute atomic E-state index is 0.116. The third kappa shape index (κ3) is 3.18. The Morgan fingerprint density at radius 3 is 2.76 bits per heavy atom. The van der Waals surface area contributed by atoms with Crippen LogP contribution in [0, 0.1) is 0 Å². The van der Waals surface area contributed by atoms with Crippen LogP contribution in [-0.2, 0) is 11.3 Å². The van der Waals surface area contributed by atoms with Crippen molar-refractivity contribution >= 4 is 17.2 Å². The lowest BCUT2D eigenvalue weighted by atomic mass is 10.1. The fourth-order valence-corrected chi connectivity index (χ4v) is 3.01. The molecule has 0 radical (unpaired) electrons. The fraction of sp³-hybridized carbons (Fsp3) is 0.278. The van der Waals surface area contributed by atoms with Crippen molar-refractivity contribution in [2.24, 2.45) is 0 Å². The van der Waals surface area contributed by atoms with Crippen LogP contribution in [0.15, 0.2) is 48.7 Å². The van der Waals surface area contributed by atoms with E-state index in [1.807, 2.05) is 53.1 Å². The van der Waals surface area contributed by atoms with Crippen molar-refractivity contribution in [1.29, 1.82) is 0 Å². The van der Waals surface area contributed by atoms with Gasteiger partial charge in [0.1, 0.15) is 0 Å². The molecule has 7 nitrogen and oxygen atoms in total. The molecule has 7 heteroatoms. The number of pyridine rings is 1. The number of rotatable bonds is 4. The summed E-state index contributed by atoms with van der Waals surface area (Å²) in [6.07, 6.45) is 1.89. The highest BCUT2D eigenvalue weighted by molar-refractivity contribution is 5.99. The van der Waals surface area contributed by atoms with Crippen molar-refractivity contribution in [3.8, 4) is 0 Å². The van der Waals surface area contributed by atoms with Crippen LogP contribution in [0.25, 0.3) is 5.65 Å². The fourth-order valence-electron chi connectivity index (χ4n) is 3.01. The molecule has 4 rings (SSSR count). The number of hydrogen-bond donors (Lipinski definition) is 1. The first kappa shape index (κ1) is 15.6. The van der Waals surface area contributed by atoms with Gasteiger partial charge in [-0.3, -0.25) is 9.20 Å². The number of hydrogen-bond acceptors (Lipinski definition) is 5. The number of aromatic nitrogens is 3. The Kier molecular flexibility index (Phi) is 4.30. The van der Waals surface area contributed by atoms with Crippen LogP contribution < -0.4 is 10.2 Å². The van der Waals surface area contributed by atoms with Gasteiger partial charge in [0.15, 0.2) is 11.5 Å². The van der Waals surface area contributed by atoms with E-state index in [0.29, 0.717) is 31.1 Å². The molecule has 0 saturated carbocycles. The summed E-state index contributed by atoms with van der Waals surface area (Å²) in [7, 11) is 0. The number of ether oxygens (including phenoxy) is 1. The van der Waals surface area contributed by atoms with Crippen LogP contribution >= 0.6 is 0 Å². The smallest absolute Gasteiger partial charge is 0.253 e. The van der Waals surface area contributed by atoms with Crippen LogP contribution in [0.3, 0.4) is 0 Å². The summed E-state index contributed by atoms with van der Waals surface area (Å²) in [5, 5.41) is 11.2. The zero-order valence-electron chi connectivity index (χ0n) is 13.8. The van der Waals surface area contributed by atoms with Gasteiger partial charge in [-0.1, -0.05) is 18.2 Å². The number of fused-ring (bicyclic) bond motifs is 1.